The maximum Gasteiger partial charge on any atom is 0.125 e. The fourth-order valence-electron chi connectivity index (χ4n) is 6.22. The van der Waals surface area contributed by atoms with Gasteiger partial charge in [0.15, 0.2) is 0 Å². The summed E-state index contributed by atoms with van der Waals surface area (Å²) in [6.45, 7) is 6.65. The summed E-state index contributed by atoms with van der Waals surface area (Å²) in [5, 5.41) is 11.5. The van der Waals surface area contributed by atoms with Crippen molar-refractivity contribution in [3.63, 3.8) is 0 Å². The van der Waals surface area contributed by atoms with E-state index in [1.807, 2.05) is 0 Å². The van der Waals surface area contributed by atoms with Gasteiger partial charge in [-0.05, 0) is 86.3 Å². The highest BCUT2D eigenvalue weighted by Gasteiger charge is 2.39. The average molecular weight is 387 g/mol. The van der Waals surface area contributed by atoms with Crippen molar-refractivity contribution in [2.75, 3.05) is 7.11 Å². The van der Waals surface area contributed by atoms with Crippen molar-refractivity contribution in [1.29, 1.82) is 0 Å². The SMILES string of the molecule is CCCc1ccc(C2(O)CCC(C3CCC(CCC)CC3)CC2)c(C)c1OC. The van der Waals surface area contributed by atoms with Crippen molar-refractivity contribution < 1.29 is 9.84 Å². The highest BCUT2D eigenvalue weighted by atomic mass is 16.5. The normalized spacial score (nSPS) is 31.0. The average Bonchev–Trinajstić information content (AvgIpc) is 2.70. The smallest absolute Gasteiger partial charge is 0.125 e. The predicted octanol–water partition coefficient (Wildman–Crippen LogP) is 6.94. The van der Waals surface area contributed by atoms with Crippen LogP contribution in [-0.2, 0) is 12.0 Å². The lowest BCUT2D eigenvalue weighted by Crippen LogP contribution is -2.35. The summed E-state index contributed by atoms with van der Waals surface area (Å²) in [6, 6.07) is 4.36. The first-order valence-electron chi connectivity index (χ1n) is 11.9. The Kier molecular flexibility index (Phi) is 7.48. The number of aliphatic hydroxyl groups is 1. The van der Waals surface area contributed by atoms with E-state index in [1.54, 1.807) is 7.11 Å². The molecular formula is C26H42O2. The maximum absolute atomic E-state index is 11.5. The number of rotatable bonds is 7. The van der Waals surface area contributed by atoms with Crippen molar-refractivity contribution in [1.82, 2.24) is 0 Å². The summed E-state index contributed by atoms with van der Waals surface area (Å²) < 4.78 is 5.74. The van der Waals surface area contributed by atoms with Crippen LogP contribution < -0.4 is 4.74 Å². The number of hydrogen-bond donors (Lipinski definition) is 1. The number of hydrogen-bond acceptors (Lipinski definition) is 2. The van der Waals surface area contributed by atoms with Gasteiger partial charge in [-0.1, -0.05) is 58.1 Å². The third-order valence-corrected chi connectivity index (χ3v) is 7.82. The van der Waals surface area contributed by atoms with E-state index < -0.39 is 5.60 Å². The Hall–Kier alpha value is -1.02. The maximum atomic E-state index is 11.5. The zero-order valence-corrected chi connectivity index (χ0v) is 18.7. The standard InChI is InChI=1S/C26H42O2/c1-5-7-20-9-11-21(12-10-20)22-15-17-26(27,18-16-22)24-14-13-23(8-6-2)25(28-4)19(24)3/h13-14,20-22,27H,5-12,15-18H2,1-4H3. The molecule has 0 amide bonds. The molecule has 0 bridgehead atoms. The van der Waals surface area contributed by atoms with E-state index >= 15 is 0 Å². The molecule has 2 heteroatoms. The molecule has 28 heavy (non-hydrogen) atoms. The zero-order chi connectivity index (χ0) is 20.1. The third-order valence-electron chi connectivity index (χ3n) is 7.82. The molecule has 3 rings (SSSR count). The summed E-state index contributed by atoms with van der Waals surface area (Å²) in [4.78, 5) is 0. The Balaban J connectivity index is 1.65. The van der Waals surface area contributed by atoms with Gasteiger partial charge in [0, 0.05) is 0 Å². The molecule has 1 aromatic carbocycles. The van der Waals surface area contributed by atoms with E-state index in [-0.39, 0.29) is 0 Å². The van der Waals surface area contributed by atoms with Crippen LogP contribution in [-0.4, -0.2) is 12.2 Å². The fraction of sp³-hybridized carbons (Fsp3) is 0.769. The Labute approximate surface area is 173 Å². The van der Waals surface area contributed by atoms with Crippen LogP contribution in [0.25, 0.3) is 0 Å². The molecule has 0 aliphatic heterocycles. The Morgan fingerprint density at radius 2 is 1.61 bits per heavy atom. The predicted molar refractivity (Wildman–Crippen MR) is 118 cm³/mol. The van der Waals surface area contributed by atoms with E-state index in [0.29, 0.717) is 0 Å². The van der Waals surface area contributed by atoms with E-state index in [0.717, 1.165) is 60.3 Å². The van der Waals surface area contributed by atoms with Gasteiger partial charge in [-0.15, -0.1) is 0 Å². The second kappa shape index (κ2) is 9.65. The molecule has 0 aromatic heterocycles. The first-order valence-corrected chi connectivity index (χ1v) is 11.9. The molecule has 2 saturated carbocycles. The molecule has 2 aliphatic rings. The lowest BCUT2D eigenvalue weighted by molar-refractivity contribution is -0.0266. The monoisotopic (exact) mass is 386 g/mol. The molecule has 0 radical (unpaired) electrons. The van der Waals surface area contributed by atoms with Gasteiger partial charge in [0.25, 0.3) is 0 Å². The van der Waals surface area contributed by atoms with Crippen LogP contribution >= 0.6 is 0 Å². The first kappa shape index (κ1) is 21.7. The van der Waals surface area contributed by atoms with Crippen LogP contribution in [0.1, 0.15) is 101 Å². The first-order chi connectivity index (χ1) is 13.5. The van der Waals surface area contributed by atoms with Crippen molar-refractivity contribution >= 4 is 0 Å². The number of methoxy groups -OCH3 is 1. The van der Waals surface area contributed by atoms with Crippen LogP contribution in [0.15, 0.2) is 12.1 Å². The van der Waals surface area contributed by atoms with Gasteiger partial charge in [-0.2, -0.15) is 0 Å². The molecule has 2 aliphatic carbocycles. The Bertz CT molecular complexity index is 620. The topological polar surface area (TPSA) is 29.5 Å². The molecule has 2 nitrogen and oxygen atoms in total. The second-order valence-electron chi connectivity index (χ2n) is 9.62. The van der Waals surface area contributed by atoms with E-state index in [2.05, 4.69) is 32.9 Å². The third kappa shape index (κ3) is 4.58. The van der Waals surface area contributed by atoms with Gasteiger partial charge in [0.1, 0.15) is 5.75 Å². The molecule has 0 spiro atoms. The highest BCUT2D eigenvalue weighted by molar-refractivity contribution is 5.48. The minimum Gasteiger partial charge on any atom is -0.496 e. The summed E-state index contributed by atoms with van der Waals surface area (Å²) in [5.41, 5.74) is 2.86. The van der Waals surface area contributed by atoms with Gasteiger partial charge in [0.05, 0.1) is 12.7 Å². The van der Waals surface area contributed by atoms with Crippen LogP contribution in [0, 0.1) is 24.7 Å². The van der Waals surface area contributed by atoms with E-state index in [9.17, 15) is 5.11 Å². The van der Waals surface area contributed by atoms with Crippen LogP contribution in [0.5, 0.6) is 5.75 Å². The Morgan fingerprint density at radius 1 is 0.964 bits per heavy atom. The minimum absolute atomic E-state index is 0.669. The molecule has 1 N–H and O–H groups in total. The second-order valence-corrected chi connectivity index (χ2v) is 9.62. The van der Waals surface area contributed by atoms with Gasteiger partial charge >= 0.3 is 0 Å². The van der Waals surface area contributed by atoms with Crippen LogP contribution in [0.4, 0.5) is 0 Å². The van der Waals surface area contributed by atoms with Gasteiger partial charge in [-0.3, -0.25) is 0 Å². The van der Waals surface area contributed by atoms with Crippen molar-refractivity contribution in [2.45, 2.75) is 103 Å². The molecule has 2 fully saturated rings. The lowest BCUT2D eigenvalue weighted by Gasteiger charge is -2.42. The van der Waals surface area contributed by atoms with Gasteiger partial charge in [-0.25, -0.2) is 0 Å². The van der Waals surface area contributed by atoms with Crippen LogP contribution in [0.3, 0.4) is 0 Å². The highest BCUT2D eigenvalue weighted by Crippen LogP contribution is 2.47. The number of benzene rings is 1. The minimum atomic E-state index is -0.669. The lowest BCUT2D eigenvalue weighted by atomic mass is 9.66. The number of ether oxygens (including phenoxy) is 1. The van der Waals surface area contributed by atoms with E-state index in [4.69, 9.17) is 4.74 Å². The largest absolute Gasteiger partial charge is 0.496 e. The summed E-state index contributed by atoms with van der Waals surface area (Å²) in [6.07, 6.45) is 14.8. The molecular weight excluding hydrogens is 344 g/mol. The van der Waals surface area contributed by atoms with Crippen LogP contribution in [0.2, 0.25) is 0 Å². The Morgan fingerprint density at radius 3 is 2.18 bits per heavy atom. The van der Waals surface area contributed by atoms with E-state index in [1.165, 1.54) is 56.9 Å². The van der Waals surface area contributed by atoms with Crippen molar-refractivity contribution in [3.05, 3.63) is 28.8 Å². The molecule has 0 unspecified atom stereocenters. The quantitative estimate of drug-likeness (QED) is 0.550. The summed E-state index contributed by atoms with van der Waals surface area (Å²) >= 11 is 0. The van der Waals surface area contributed by atoms with Crippen molar-refractivity contribution in [3.8, 4) is 5.75 Å². The van der Waals surface area contributed by atoms with Gasteiger partial charge in [0.2, 0.25) is 0 Å². The fourth-order valence-corrected chi connectivity index (χ4v) is 6.22. The molecule has 0 heterocycles. The van der Waals surface area contributed by atoms with Crippen molar-refractivity contribution in [2.24, 2.45) is 17.8 Å². The summed E-state index contributed by atoms with van der Waals surface area (Å²) in [5.74, 6) is 3.70. The number of aryl methyl sites for hydroxylation is 1. The molecule has 0 saturated heterocycles. The molecule has 158 valence electrons. The van der Waals surface area contributed by atoms with Gasteiger partial charge < -0.3 is 9.84 Å². The summed E-state index contributed by atoms with van der Waals surface area (Å²) in [7, 11) is 1.76. The molecule has 0 atom stereocenters. The zero-order valence-electron chi connectivity index (χ0n) is 18.7. The molecule has 1 aromatic rings.